The fourth-order valence-corrected chi connectivity index (χ4v) is 3.30. The molecule has 1 N–H and O–H groups in total. The van der Waals surface area contributed by atoms with Gasteiger partial charge in [-0.25, -0.2) is 0 Å². The second-order valence-electron chi connectivity index (χ2n) is 4.70. The van der Waals surface area contributed by atoms with Crippen molar-refractivity contribution in [2.75, 3.05) is 14.1 Å². The van der Waals surface area contributed by atoms with Gasteiger partial charge < -0.3 is 14.7 Å². The van der Waals surface area contributed by atoms with E-state index in [9.17, 15) is 5.11 Å². The summed E-state index contributed by atoms with van der Waals surface area (Å²) in [5, 5.41) is 10.9. The van der Waals surface area contributed by atoms with Gasteiger partial charge >= 0.3 is 0 Å². The van der Waals surface area contributed by atoms with Crippen molar-refractivity contribution < 1.29 is 9.84 Å². The van der Waals surface area contributed by atoms with E-state index in [1.54, 1.807) is 17.8 Å². The normalized spacial score (nSPS) is 33.8. The smallest absolute Gasteiger partial charge is 0.161 e. The highest BCUT2D eigenvalue weighted by atomic mass is 32.2. The minimum absolute atomic E-state index is 0.0709. The van der Waals surface area contributed by atoms with Crippen LogP contribution < -0.4 is 0 Å². The first-order valence-corrected chi connectivity index (χ1v) is 6.86. The summed E-state index contributed by atoms with van der Waals surface area (Å²) in [6, 6.07) is 0.254. The average molecular weight is 256 g/mol. The Kier molecular flexibility index (Phi) is 4.12. The third-order valence-corrected chi connectivity index (χ3v) is 4.43. The molecule has 0 aromatic carbocycles. The van der Waals surface area contributed by atoms with Crippen molar-refractivity contribution in [2.45, 2.75) is 42.9 Å². The van der Waals surface area contributed by atoms with E-state index >= 15 is 0 Å². The molecule has 0 spiro atoms. The summed E-state index contributed by atoms with van der Waals surface area (Å²) in [4.78, 5) is 6.64. The number of thioether (sulfide) groups is 1. The highest BCUT2D eigenvalue weighted by Gasteiger charge is 2.39. The van der Waals surface area contributed by atoms with Gasteiger partial charge in [0.05, 0.1) is 18.2 Å². The molecule has 5 heteroatoms. The molecule has 0 aromatic heterocycles. The van der Waals surface area contributed by atoms with Gasteiger partial charge in [0.15, 0.2) is 5.17 Å². The molecule has 1 fully saturated rings. The molecular weight excluding hydrogens is 236 g/mol. The fraction of sp³-hybridized carbons (Fsp3) is 0.750. The first-order chi connectivity index (χ1) is 8.11. The largest absolute Gasteiger partial charge is 0.390 e. The Balaban J connectivity index is 1.93. The van der Waals surface area contributed by atoms with Crippen LogP contribution >= 0.6 is 11.8 Å². The van der Waals surface area contributed by atoms with Crippen LogP contribution in [-0.4, -0.2) is 53.0 Å². The van der Waals surface area contributed by atoms with Gasteiger partial charge in [0, 0.05) is 14.1 Å². The molecule has 17 heavy (non-hydrogen) atoms. The lowest BCUT2D eigenvalue weighted by Crippen LogP contribution is -2.40. The number of ether oxygens (including phenoxy) is 1. The second-order valence-corrected chi connectivity index (χ2v) is 5.77. The van der Waals surface area contributed by atoms with Crippen LogP contribution in [0.15, 0.2) is 17.6 Å². The molecule has 0 saturated carbocycles. The fourth-order valence-electron chi connectivity index (χ4n) is 2.14. The van der Waals surface area contributed by atoms with Crippen molar-refractivity contribution in [1.29, 1.82) is 0 Å². The lowest BCUT2D eigenvalue weighted by Gasteiger charge is -2.33. The van der Waals surface area contributed by atoms with E-state index in [2.05, 4.69) is 11.6 Å². The molecule has 4 nitrogen and oxygen atoms in total. The SMILES string of the molecule is C=CC[C@H](O)[C@H]1CC[C@H]2N=C(N(C)C)S[C@H]2O1. The van der Waals surface area contributed by atoms with Crippen LogP contribution in [0.25, 0.3) is 0 Å². The summed E-state index contributed by atoms with van der Waals surface area (Å²) in [5.41, 5.74) is 0.0746. The first kappa shape index (κ1) is 12.9. The second kappa shape index (κ2) is 5.42. The molecule has 0 unspecified atom stereocenters. The van der Waals surface area contributed by atoms with E-state index in [1.165, 1.54) is 0 Å². The summed E-state index contributed by atoms with van der Waals surface area (Å²) in [6.45, 7) is 3.65. The van der Waals surface area contributed by atoms with E-state index < -0.39 is 6.10 Å². The Labute approximate surface area is 107 Å². The molecular formula is C12H20N2O2S. The number of aliphatic hydroxyl groups excluding tert-OH is 1. The van der Waals surface area contributed by atoms with E-state index in [1.807, 2.05) is 19.0 Å². The maximum Gasteiger partial charge on any atom is 0.161 e. The first-order valence-electron chi connectivity index (χ1n) is 5.98. The van der Waals surface area contributed by atoms with Gasteiger partial charge in [-0.1, -0.05) is 17.8 Å². The van der Waals surface area contributed by atoms with E-state index in [4.69, 9.17) is 4.74 Å². The molecule has 1 saturated heterocycles. The van der Waals surface area contributed by atoms with Crippen molar-refractivity contribution in [3.05, 3.63) is 12.7 Å². The highest BCUT2D eigenvalue weighted by Crippen LogP contribution is 2.37. The van der Waals surface area contributed by atoms with Crippen molar-refractivity contribution in [3.8, 4) is 0 Å². The molecule has 2 heterocycles. The van der Waals surface area contributed by atoms with Crippen LogP contribution in [0.4, 0.5) is 0 Å². The number of fused-ring (bicyclic) bond motifs is 1. The van der Waals surface area contributed by atoms with Crippen molar-refractivity contribution >= 4 is 16.9 Å². The summed E-state index contributed by atoms with van der Waals surface area (Å²) in [6.07, 6.45) is 3.70. The molecule has 0 radical (unpaired) electrons. The lowest BCUT2D eigenvalue weighted by atomic mass is 9.99. The zero-order valence-electron chi connectivity index (χ0n) is 10.4. The van der Waals surface area contributed by atoms with E-state index in [0.29, 0.717) is 6.42 Å². The standard InChI is InChI=1S/C12H20N2O2S/c1-4-5-9(15)10-7-6-8-11(16-10)17-12(13-8)14(2)3/h4,8-11,15H,1,5-7H2,2-3H3/t8-,9+,10-,11-/m1/s1. The molecule has 2 aliphatic rings. The summed E-state index contributed by atoms with van der Waals surface area (Å²) in [7, 11) is 3.99. The monoisotopic (exact) mass is 256 g/mol. The Morgan fingerprint density at radius 1 is 1.65 bits per heavy atom. The van der Waals surface area contributed by atoms with Crippen LogP contribution in [0.1, 0.15) is 19.3 Å². The van der Waals surface area contributed by atoms with Crippen molar-refractivity contribution in [2.24, 2.45) is 4.99 Å². The minimum atomic E-state index is -0.433. The Morgan fingerprint density at radius 3 is 3.06 bits per heavy atom. The molecule has 2 rings (SSSR count). The topological polar surface area (TPSA) is 45.1 Å². The predicted molar refractivity (Wildman–Crippen MR) is 71.2 cm³/mol. The van der Waals surface area contributed by atoms with E-state index in [0.717, 1.165) is 18.0 Å². The number of hydrogen-bond donors (Lipinski definition) is 1. The van der Waals surface area contributed by atoms with Gasteiger partial charge in [0.2, 0.25) is 0 Å². The van der Waals surface area contributed by atoms with Gasteiger partial charge in [-0.05, 0) is 19.3 Å². The van der Waals surface area contributed by atoms with Gasteiger partial charge in [-0.2, -0.15) is 0 Å². The van der Waals surface area contributed by atoms with Crippen LogP contribution in [0.5, 0.6) is 0 Å². The van der Waals surface area contributed by atoms with Crippen LogP contribution in [-0.2, 0) is 4.74 Å². The summed E-state index contributed by atoms with van der Waals surface area (Å²) < 4.78 is 5.93. The van der Waals surface area contributed by atoms with E-state index in [-0.39, 0.29) is 17.6 Å². The Morgan fingerprint density at radius 2 is 2.41 bits per heavy atom. The summed E-state index contributed by atoms with van der Waals surface area (Å²) >= 11 is 1.66. The molecule has 2 aliphatic heterocycles. The van der Waals surface area contributed by atoms with Crippen molar-refractivity contribution in [3.63, 3.8) is 0 Å². The molecule has 0 bridgehead atoms. The molecule has 96 valence electrons. The Bertz CT molecular complexity index is 320. The average Bonchev–Trinajstić information content (AvgIpc) is 2.71. The summed E-state index contributed by atoms with van der Waals surface area (Å²) in [5.74, 6) is 0. The number of aliphatic imine (C=N–C) groups is 1. The number of hydrogen-bond acceptors (Lipinski definition) is 5. The van der Waals surface area contributed by atoms with Gasteiger partial charge in [0.25, 0.3) is 0 Å². The quantitative estimate of drug-likeness (QED) is 0.777. The van der Waals surface area contributed by atoms with Gasteiger partial charge in [-0.3, -0.25) is 4.99 Å². The number of nitrogens with zero attached hydrogens (tertiary/aromatic N) is 2. The minimum Gasteiger partial charge on any atom is -0.390 e. The maximum atomic E-state index is 9.92. The van der Waals surface area contributed by atoms with Crippen LogP contribution in [0.3, 0.4) is 0 Å². The number of rotatable bonds is 3. The van der Waals surface area contributed by atoms with Gasteiger partial charge in [-0.15, -0.1) is 6.58 Å². The maximum absolute atomic E-state index is 9.92. The third-order valence-electron chi connectivity index (χ3n) is 3.09. The third kappa shape index (κ3) is 2.84. The van der Waals surface area contributed by atoms with Crippen molar-refractivity contribution in [1.82, 2.24) is 4.90 Å². The number of amidine groups is 1. The molecule has 4 atom stereocenters. The molecule has 0 amide bonds. The highest BCUT2D eigenvalue weighted by molar-refractivity contribution is 8.14. The molecule has 0 aliphatic carbocycles. The van der Waals surface area contributed by atoms with Crippen LogP contribution in [0, 0.1) is 0 Å². The lowest BCUT2D eigenvalue weighted by molar-refractivity contribution is -0.0779. The van der Waals surface area contributed by atoms with Crippen LogP contribution in [0.2, 0.25) is 0 Å². The predicted octanol–water partition coefficient (Wildman–Crippen LogP) is 1.46. The molecule has 0 aromatic rings. The zero-order chi connectivity index (χ0) is 12.4. The Hall–Kier alpha value is -0.520. The zero-order valence-corrected chi connectivity index (χ0v) is 11.2. The van der Waals surface area contributed by atoms with Gasteiger partial charge in [0.1, 0.15) is 5.44 Å². The number of aliphatic hydroxyl groups is 1.